The molecule has 0 aliphatic rings. The number of ether oxygens (including phenoxy) is 4. The van der Waals surface area contributed by atoms with Gasteiger partial charge < -0.3 is 28.5 Å². The van der Waals surface area contributed by atoms with Crippen LogP contribution >= 0.6 is 0 Å². The molecule has 0 saturated heterocycles. The molecule has 0 bridgehead atoms. The zero-order valence-corrected chi connectivity index (χ0v) is 42.8. The van der Waals surface area contributed by atoms with E-state index in [4.69, 9.17) is 18.9 Å². The van der Waals surface area contributed by atoms with Crippen LogP contribution in [0.25, 0.3) is 0 Å². The van der Waals surface area contributed by atoms with Gasteiger partial charge in [-0.3, -0.25) is 9.59 Å². The predicted octanol–water partition coefficient (Wildman–Crippen LogP) is 14.6. The Morgan fingerprint density at radius 1 is 0.463 bits per heavy atom. The van der Waals surface area contributed by atoms with Crippen molar-refractivity contribution < 1.29 is 42.9 Å². The van der Waals surface area contributed by atoms with E-state index in [9.17, 15) is 19.5 Å². The van der Waals surface area contributed by atoms with Gasteiger partial charge in [0, 0.05) is 12.8 Å². The summed E-state index contributed by atoms with van der Waals surface area (Å²) in [5, 5.41) is 9.62. The fourth-order valence-corrected chi connectivity index (χ4v) is 6.27. The molecule has 0 saturated carbocycles. The molecule has 0 aromatic heterocycles. The molecule has 0 radical (unpaired) electrons. The second kappa shape index (κ2) is 48.2. The number of rotatable bonds is 45. The summed E-state index contributed by atoms with van der Waals surface area (Å²) in [6.07, 6.45) is 64.4. The van der Waals surface area contributed by atoms with E-state index in [-0.39, 0.29) is 38.6 Å². The number of carbonyl (C=O) groups excluding carboxylic acids is 2. The Balaban J connectivity index is 4.23. The smallest absolute Gasteiger partial charge is 0.361 e. The van der Waals surface area contributed by atoms with Crippen molar-refractivity contribution in [3.05, 3.63) is 122 Å². The molecule has 0 aromatic carbocycles. The summed E-state index contributed by atoms with van der Waals surface area (Å²) >= 11 is 0. The van der Waals surface area contributed by atoms with E-state index >= 15 is 0 Å². The fourth-order valence-electron chi connectivity index (χ4n) is 6.27. The minimum atomic E-state index is -1.52. The third-order valence-corrected chi connectivity index (χ3v) is 10.2. The minimum absolute atomic E-state index is 0.176. The lowest BCUT2D eigenvalue weighted by Gasteiger charge is -2.25. The van der Waals surface area contributed by atoms with Crippen molar-refractivity contribution in [2.24, 2.45) is 0 Å². The molecule has 0 rings (SSSR count). The molecular weight excluding hydrogens is 839 g/mol. The van der Waals surface area contributed by atoms with Crippen molar-refractivity contribution in [1.29, 1.82) is 0 Å². The summed E-state index contributed by atoms with van der Waals surface area (Å²) < 4.78 is 22.6. The molecule has 0 aromatic rings. The molecule has 0 fully saturated rings. The SMILES string of the molecule is CC/C=C\C/C=C\C/C=C\C/C=C\C/C=C\C/C=C\C/C=C\C/C=C\C/C=C\C/C=C\CCCCCCC(=O)OC(COC(=O)CCCCCCCCC)COC(OCC[N+](C)(C)C)C(=O)O. The van der Waals surface area contributed by atoms with Crippen molar-refractivity contribution >= 4 is 17.9 Å². The lowest BCUT2D eigenvalue weighted by Crippen LogP contribution is -2.40. The number of aliphatic carboxylic acids is 1. The van der Waals surface area contributed by atoms with Crippen LogP contribution in [0.3, 0.4) is 0 Å². The Morgan fingerprint density at radius 2 is 0.851 bits per heavy atom. The van der Waals surface area contributed by atoms with Gasteiger partial charge in [-0.05, 0) is 89.9 Å². The highest BCUT2D eigenvalue weighted by molar-refractivity contribution is 5.71. The Hall–Kier alpha value is -4.31. The van der Waals surface area contributed by atoms with Gasteiger partial charge in [0.25, 0.3) is 6.29 Å². The summed E-state index contributed by atoms with van der Waals surface area (Å²) in [6, 6.07) is 0. The van der Waals surface area contributed by atoms with Crippen LogP contribution < -0.4 is 0 Å². The number of esters is 2. The number of nitrogens with zero attached hydrogens (tertiary/aromatic N) is 1. The maximum absolute atomic E-state index is 12.8. The van der Waals surface area contributed by atoms with Crippen molar-refractivity contribution in [3.8, 4) is 0 Å². The molecule has 9 nitrogen and oxygen atoms in total. The molecular formula is C58H94NO8+. The summed E-state index contributed by atoms with van der Waals surface area (Å²) in [5.41, 5.74) is 0. The summed E-state index contributed by atoms with van der Waals surface area (Å²) in [7, 11) is 5.93. The zero-order chi connectivity index (χ0) is 49.2. The van der Waals surface area contributed by atoms with Gasteiger partial charge in [0.05, 0.1) is 34.4 Å². The monoisotopic (exact) mass is 933 g/mol. The predicted molar refractivity (Wildman–Crippen MR) is 281 cm³/mol. The quantitative estimate of drug-likeness (QED) is 0.0211. The molecule has 0 aliphatic heterocycles. The molecule has 1 N–H and O–H groups in total. The first-order valence-electron chi connectivity index (χ1n) is 25.7. The molecule has 0 spiro atoms. The highest BCUT2D eigenvalue weighted by atomic mass is 16.7. The maximum Gasteiger partial charge on any atom is 0.361 e. The normalized spacial score (nSPS) is 13.9. The van der Waals surface area contributed by atoms with E-state index < -0.39 is 24.3 Å². The van der Waals surface area contributed by atoms with Gasteiger partial charge in [-0.1, -0.05) is 187 Å². The number of hydrogen-bond donors (Lipinski definition) is 1. The maximum atomic E-state index is 12.8. The van der Waals surface area contributed by atoms with E-state index in [1.54, 1.807) is 0 Å². The first kappa shape index (κ1) is 62.7. The molecule has 0 heterocycles. The molecule has 67 heavy (non-hydrogen) atoms. The lowest BCUT2D eigenvalue weighted by molar-refractivity contribution is -0.870. The van der Waals surface area contributed by atoms with Crippen LogP contribution in [-0.4, -0.2) is 87.4 Å². The van der Waals surface area contributed by atoms with Crippen LogP contribution in [0.1, 0.15) is 168 Å². The average Bonchev–Trinajstić information content (AvgIpc) is 3.29. The van der Waals surface area contributed by atoms with Crippen LogP contribution in [0.2, 0.25) is 0 Å². The van der Waals surface area contributed by atoms with E-state index in [1.807, 2.05) is 21.1 Å². The molecule has 0 aliphatic carbocycles. The van der Waals surface area contributed by atoms with Gasteiger partial charge in [-0.25, -0.2) is 4.79 Å². The van der Waals surface area contributed by atoms with Crippen LogP contribution in [0.4, 0.5) is 0 Å². The van der Waals surface area contributed by atoms with Crippen LogP contribution in [0.15, 0.2) is 122 Å². The number of hydrogen-bond acceptors (Lipinski definition) is 7. The van der Waals surface area contributed by atoms with Gasteiger partial charge >= 0.3 is 17.9 Å². The highest BCUT2D eigenvalue weighted by Crippen LogP contribution is 2.12. The summed E-state index contributed by atoms with van der Waals surface area (Å²) in [4.78, 5) is 37.0. The van der Waals surface area contributed by atoms with E-state index in [0.29, 0.717) is 17.4 Å². The van der Waals surface area contributed by atoms with Crippen molar-refractivity contribution in [3.63, 3.8) is 0 Å². The van der Waals surface area contributed by atoms with Crippen molar-refractivity contribution in [2.75, 3.05) is 47.5 Å². The van der Waals surface area contributed by atoms with E-state index in [2.05, 4.69) is 135 Å². The number of carboxylic acid groups (broad SMARTS) is 1. The average molecular weight is 933 g/mol. The number of carbonyl (C=O) groups is 3. The third-order valence-electron chi connectivity index (χ3n) is 10.2. The third kappa shape index (κ3) is 49.4. The van der Waals surface area contributed by atoms with Gasteiger partial charge in [-0.15, -0.1) is 0 Å². The van der Waals surface area contributed by atoms with Crippen molar-refractivity contribution in [1.82, 2.24) is 0 Å². The first-order chi connectivity index (χ1) is 32.6. The Kier molecular flexibility index (Phi) is 45.1. The standard InChI is InChI=1S/C58H93NO8/c1-6-8-10-12-14-15-16-17-18-19-20-21-22-23-24-25-26-27-28-29-30-31-32-33-34-35-36-37-38-39-40-41-43-45-47-49-56(61)67-54(52-65-55(60)48-46-44-42-13-11-9-7-2)53-66-58(57(62)63)64-51-50-59(3,4)5/h8,10,14-15,17-18,20-21,23-24,26-27,29-30,32-33,35-36,38-39,54,58H,6-7,9,11-13,16,19,22,25,28,31,34,37,40-53H2,1-5H3/p+1/b10-8-,15-14-,18-17-,21-20-,24-23-,27-26-,30-29-,33-32-,36-35-,39-38-. The number of unbranched alkanes of at least 4 members (excludes halogenated alkanes) is 10. The topological polar surface area (TPSA) is 108 Å². The molecule has 2 unspecified atom stereocenters. The van der Waals surface area contributed by atoms with Crippen molar-refractivity contribution in [2.45, 2.75) is 180 Å². The molecule has 378 valence electrons. The Bertz CT molecular complexity index is 1510. The second-order valence-electron chi connectivity index (χ2n) is 17.8. The number of carboxylic acids is 1. The van der Waals surface area contributed by atoms with Crippen LogP contribution in [0.5, 0.6) is 0 Å². The minimum Gasteiger partial charge on any atom is -0.477 e. The molecule has 0 amide bonds. The van der Waals surface area contributed by atoms with Crippen LogP contribution in [0, 0.1) is 0 Å². The summed E-state index contributed by atoms with van der Waals surface area (Å²) in [6.45, 7) is 4.64. The fraction of sp³-hybridized carbons (Fsp3) is 0.603. The van der Waals surface area contributed by atoms with Gasteiger partial charge in [0.1, 0.15) is 13.2 Å². The Morgan fingerprint density at radius 3 is 1.27 bits per heavy atom. The van der Waals surface area contributed by atoms with Gasteiger partial charge in [0.15, 0.2) is 6.10 Å². The van der Waals surface area contributed by atoms with E-state index in [0.717, 1.165) is 109 Å². The largest absolute Gasteiger partial charge is 0.477 e. The van der Waals surface area contributed by atoms with Gasteiger partial charge in [-0.2, -0.15) is 0 Å². The Labute approximate surface area is 408 Å². The second-order valence-corrected chi connectivity index (χ2v) is 17.8. The molecule has 2 atom stereocenters. The summed E-state index contributed by atoms with van der Waals surface area (Å²) in [5.74, 6) is -2.07. The first-order valence-corrected chi connectivity index (χ1v) is 25.7. The number of likely N-dealkylation sites (N-methyl/N-ethyl adjacent to an activating group) is 1. The van der Waals surface area contributed by atoms with Gasteiger partial charge in [0.2, 0.25) is 0 Å². The lowest BCUT2D eigenvalue weighted by atomic mass is 10.1. The molecule has 9 heteroatoms. The zero-order valence-electron chi connectivity index (χ0n) is 42.8. The number of quaternary nitrogens is 1. The number of allylic oxidation sites excluding steroid dienone is 20. The highest BCUT2D eigenvalue weighted by Gasteiger charge is 2.25. The van der Waals surface area contributed by atoms with Crippen LogP contribution in [-0.2, 0) is 33.3 Å². The van der Waals surface area contributed by atoms with E-state index in [1.165, 1.54) is 25.7 Å².